The van der Waals surface area contributed by atoms with Crippen LogP contribution in [0.2, 0.25) is 5.02 Å². The highest BCUT2D eigenvalue weighted by Gasteiger charge is 2.36. The van der Waals surface area contributed by atoms with Gasteiger partial charge in [-0.1, -0.05) is 42.4 Å². The number of nitrogens with one attached hydrogen (secondary N) is 2. The molecular formula is C51H52BrClF2N16O4. The highest BCUT2D eigenvalue weighted by atomic mass is 79.9. The molecular weight excluding hydrogens is 1050 g/mol. The number of carbonyl (C=O) groups is 2. The van der Waals surface area contributed by atoms with E-state index in [1.165, 1.54) is 10.6 Å². The molecule has 24 heteroatoms. The van der Waals surface area contributed by atoms with Crippen molar-refractivity contribution in [1.29, 1.82) is 5.26 Å². The summed E-state index contributed by atoms with van der Waals surface area (Å²) in [5.74, 6) is -0.626. The number of hydrogen-bond acceptors (Lipinski definition) is 16. The Hall–Kier alpha value is -7.42. The lowest BCUT2D eigenvalue weighted by Gasteiger charge is -2.42. The molecule has 0 spiro atoms. The lowest BCUT2D eigenvalue weighted by Crippen LogP contribution is -2.56. The summed E-state index contributed by atoms with van der Waals surface area (Å²) in [5.41, 5.74) is 3.71. The molecule has 0 radical (unpaired) electrons. The molecule has 3 aromatic carbocycles. The number of aromatic nitrogens is 8. The minimum atomic E-state index is -1.03. The average molecular weight is 1110 g/mol. The summed E-state index contributed by atoms with van der Waals surface area (Å²) in [7, 11) is 2.10. The summed E-state index contributed by atoms with van der Waals surface area (Å²) in [6, 6.07) is 16.9. The highest BCUT2D eigenvalue weighted by Crippen LogP contribution is 2.38. The number of aromatic amines is 1. The van der Waals surface area contributed by atoms with Crippen LogP contribution in [0.15, 0.2) is 71.4 Å². The van der Waals surface area contributed by atoms with Gasteiger partial charge >= 0.3 is 12.1 Å². The number of amides is 2. The molecule has 8 heterocycles. The third-order valence-electron chi connectivity index (χ3n) is 14.5. The standard InChI is InChI=1S/C51H52BrClF2N16O4/c1-30(28-75-51(73)67-20-18-66(19-21-67)49-62-46-35(52)24-58-71(46)48(64-49)57-25-41-59-38-12-11-37(54)43(55)44(38)61-41)47(72)70-23-22-69(26-32(70)13-15-56)45-34-14-17-68(40-10-4-7-31-6-3-9-36(53)42(31)40)27-39(34)60-50(63-45)74-29-33-8-5-16-65(33)2/h3-4,6-7,9-12,24,32-33H,1,5,8,13-14,16-23,25-29H2,2H3,(H,59,61)(H,57,62,64)/t32-,33-/m0/s1. The quantitative estimate of drug-likeness (QED) is 0.115. The van der Waals surface area contributed by atoms with Crippen LogP contribution >= 0.6 is 27.5 Å². The van der Waals surface area contributed by atoms with Gasteiger partial charge in [-0.25, -0.2) is 18.6 Å². The van der Waals surface area contributed by atoms with Gasteiger partial charge in [0.25, 0.3) is 5.91 Å². The average Bonchev–Trinajstić information content (AvgIpc) is 4.17. The van der Waals surface area contributed by atoms with E-state index in [0.717, 1.165) is 59.0 Å². The van der Waals surface area contributed by atoms with Crippen molar-refractivity contribution in [2.45, 2.75) is 50.9 Å². The lowest BCUT2D eigenvalue weighted by atomic mass is 10.0. The van der Waals surface area contributed by atoms with Crippen molar-refractivity contribution in [3.05, 3.63) is 105 Å². The number of likely N-dealkylation sites (tertiary alicyclic amines) is 1. The molecule has 4 aromatic heterocycles. The molecule has 2 atom stereocenters. The van der Waals surface area contributed by atoms with Crippen molar-refractivity contribution in [2.75, 3.05) is 99.2 Å². The number of carbonyl (C=O) groups excluding carboxylic acids is 2. The molecule has 388 valence electrons. The van der Waals surface area contributed by atoms with E-state index in [9.17, 15) is 23.6 Å². The first kappa shape index (κ1) is 49.8. The van der Waals surface area contributed by atoms with Crippen molar-refractivity contribution >= 4 is 90.4 Å². The van der Waals surface area contributed by atoms with E-state index in [4.69, 9.17) is 41.0 Å². The number of piperazine rings is 2. The number of likely N-dealkylation sites (N-methyl/N-ethyl adjacent to an activating group) is 1. The number of H-pyrrole nitrogens is 1. The second-order valence-electron chi connectivity index (χ2n) is 19.1. The van der Waals surface area contributed by atoms with E-state index < -0.39 is 29.7 Å². The molecule has 20 nitrogen and oxygen atoms in total. The zero-order chi connectivity index (χ0) is 51.9. The van der Waals surface area contributed by atoms with Crippen molar-refractivity contribution in [3.63, 3.8) is 0 Å². The number of hydrogen-bond donors (Lipinski definition) is 2. The molecule has 0 unspecified atom stereocenters. The second kappa shape index (κ2) is 21.1. The summed E-state index contributed by atoms with van der Waals surface area (Å²) < 4.78 is 42.4. The van der Waals surface area contributed by atoms with E-state index in [-0.39, 0.29) is 56.3 Å². The van der Waals surface area contributed by atoms with Gasteiger partial charge in [0, 0.05) is 80.6 Å². The number of nitrogens with zero attached hydrogens (tertiary/aromatic N) is 14. The fourth-order valence-corrected chi connectivity index (χ4v) is 11.0. The topological polar surface area (TPSA) is 205 Å². The van der Waals surface area contributed by atoms with E-state index in [1.54, 1.807) is 16.0 Å². The molecule has 11 rings (SSSR count). The van der Waals surface area contributed by atoms with E-state index in [2.05, 4.69) is 88.9 Å². The van der Waals surface area contributed by atoms with Crippen LogP contribution in [-0.4, -0.2) is 157 Å². The van der Waals surface area contributed by atoms with Crippen LogP contribution in [0.5, 0.6) is 6.01 Å². The Morgan fingerprint density at radius 1 is 0.960 bits per heavy atom. The third-order valence-corrected chi connectivity index (χ3v) is 15.3. The number of nitriles is 1. The zero-order valence-corrected chi connectivity index (χ0v) is 43.3. The number of anilines is 4. The van der Waals surface area contributed by atoms with Gasteiger partial charge in [0.1, 0.15) is 30.4 Å². The van der Waals surface area contributed by atoms with Gasteiger partial charge < -0.3 is 49.2 Å². The monoisotopic (exact) mass is 1100 g/mol. The van der Waals surface area contributed by atoms with Crippen molar-refractivity contribution < 1.29 is 27.8 Å². The predicted molar refractivity (Wildman–Crippen MR) is 281 cm³/mol. The molecule has 3 fully saturated rings. The van der Waals surface area contributed by atoms with Crippen LogP contribution in [0.4, 0.5) is 37.0 Å². The first-order valence-electron chi connectivity index (χ1n) is 24.8. The molecule has 0 saturated carbocycles. The fraction of sp³-hybridized carbons (Fsp3) is 0.392. The van der Waals surface area contributed by atoms with E-state index in [0.29, 0.717) is 96.7 Å². The summed E-state index contributed by atoms with van der Waals surface area (Å²) in [5, 5.41) is 20.3. The minimum Gasteiger partial charge on any atom is -0.462 e. The maximum Gasteiger partial charge on any atom is 0.410 e. The second-order valence-corrected chi connectivity index (χ2v) is 20.4. The molecule has 4 aliphatic heterocycles. The normalized spacial score (nSPS) is 18.2. The molecule has 2 N–H and O–H groups in total. The third kappa shape index (κ3) is 10.0. The van der Waals surface area contributed by atoms with E-state index in [1.807, 2.05) is 23.1 Å². The summed E-state index contributed by atoms with van der Waals surface area (Å²) in [6.45, 7) is 8.80. The van der Waals surface area contributed by atoms with Gasteiger partial charge in [0.2, 0.25) is 11.9 Å². The Kier molecular flexibility index (Phi) is 14.0. The number of rotatable bonds is 13. The van der Waals surface area contributed by atoms with Gasteiger partial charge in [-0.05, 0) is 78.4 Å². The zero-order valence-electron chi connectivity index (χ0n) is 41.0. The largest absolute Gasteiger partial charge is 0.462 e. The molecule has 0 aliphatic carbocycles. The summed E-state index contributed by atoms with van der Waals surface area (Å²) >= 11 is 10.3. The van der Waals surface area contributed by atoms with Crippen LogP contribution in [0.3, 0.4) is 0 Å². The Morgan fingerprint density at radius 3 is 2.57 bits per heavy atom. The van der Waals surface area contributed by atoms with Gasteiger partial charge in [0.05, 0.1) is 58.5 Å². The Bertz CT molecular complexity index is 3400. The molecule has 2 amide bonds. The maximum atomic E-state index is 14.4. The lowest BCUT2D eigenvalue weighted by molar-refractivity contribution is -0.130. The number of imidazole rings is 1. The van der Waals surface area contributed by atoms with Crippen LogP contribution in [0.25, 0.3) is 27.5 Å². The van der Waals surface area contributed by atoms with Crippen LogP contribution in [0, 0.1) is 23.0 Å². The van der Waals surface area contributed by atoms with Crippen LogP contribution < -0.4 is 24.8 Å². The van der Waals surface area contributed by atoms with Gasteiger partial charge in [-0.15, -0.1) is 0 Å². The molecule has 7 aromatic rings. The van der Waals surface area contributed by atoms with Crippen molar-refractivity contribution in [3.8, 4) is 12.1 Å². The summed E-state index contributed by atoms with van der Waals surface area (Å²) in [6.07, 6.45) is 3.84. The van der Waals surface area contributed by atoms with Crippen LogP contribution in [-0.2, 0) is 29.0 Å². The Labute approximate surface area is 443 Å². The van der Waals surface area contributed by atoms with Gasteiger partial charge in [0.15, 0.2) is 17.3 Å². The maximum absolute atomic E-state index is 14.4. The summed E-state index contributed by atoms with van der Waals surface area (Å²) in [4.78, 5) is 66.1. The van der Waals surface area contributed by atoms with E-state index >= 15 is 0 Å². The minimum absolute atomic E-state index is 0.0663. The fourth-order valence-electron chi connectivity index (χ4n) is 10.4. The predicted octanol–water partition coefficient (Wildman–Crippen LogP) is 6.73. The first-order valence-corrected chi connectivity index (χ1v) is 26.0. The molecule has 4 aliphatic rings. The van der Waals surface area contributed by atoms with Crippen LogP contribution in [0.1, 0.15) is 36.3 Å². The van der Waals surface area contributed by atoms with Crippen molar-refractivity contribution in [1.82, 2.24) is 54.2 Å². The highest BCUT2D eigenvalue weighted by molar-refractivity contribution is 9.10. The molecule has 0 bridgehead atoms. The smallest absolute Gasteiger partial charge is 0.410 e. The Morgan fingerprint density at radius 2 is 1.77 bits per heavy atom. The SMILES string of the molecule is C=C(COC(=O)N1CCN(c2nc(NCc3nc4c(F)c(F)ccc4[nH]3)n3ncc(Br)c3n2)CC1)C(=O)N1CCN(c2nc(OC[C@@H]3CCCN3C)nc3c2CCN(c2cccc4cccc(Cl)c24)C3)C[C@@H]1CC#N. The number of ether oxygens (including phenoxy) is 2. The number of benzene rings is 3. The molecule has 75 heavy (non-hydrogen) atoms. The molecule has 3 saturated heterocycles. The Balaban J connectivity index is 0.725. The van der Waals surface area contributed by atoms with Gasteiger partial charge in [-0.3, -0.25) is 4.79 Å². The first-order chi connectivity index (χ1) is 36.4. The van der Waals surface area contributed by atoms with Crippen molar-refractivity contribution in [2.24, 2.45) is 0 Å². The van der Waals surface area contributed by atoms with Gasteiger partial charge in [-0.2, -0.15) is 34.8 Å². The number of halogens is 4. The number of fused-ring (bicyclic) bond motifs is 4.